The van der Waals surface area contributed by atoms with Crippen LogP contribution in [0.5, 0.6) is 0 Å². The zero-order valence-electron chi connectivity index (χ0n) is 12.9. The summed E-state index contributed by atoms with van der Waals surface area (Å²) in [5.41, 5.74) is 8.94. The Kier molecular flexibility index (Phi) is 6.45. The first kappa shape index (κ1) is 15.7. The van der Waals surface area contributed by atoms with Crippen molar-refractivity contribution in [3.8, 4) is 0 Å². The second-order valence-corrected chi connectivity index (χ2v) is 5.69. The van der Waals surface area contributed by atoms with E-state index in [1.165, 1.54) is 11.1 Å². The number of benzene rings is 2. The minimum absolute atomic E-state index is 0.252. The highest BCUT2D eigenvalue weighted by molar-refractivity contribution is 5.17. The van der Waals surface area contributed by atoms with E-state index >= 15 is 0 Å². The van der Waals surface area contributed by atoms with Gasteiger partial charge in [0.25, 0.3) is 0 Å². The van der Waals surface area contributed by atoms with Gasteiger partial charge in [-0.3, -0.25) is 4.90 Å². The quantitative estimate of drug-likeness (QED) is 0.797. The molecule has 0 heterocycles. The average molecular weight is 282 g/mol. The van der Waals surface area contributed by atoms with Gasteiger partial charge in [-0.15, -0.1) is 0 Å². The first-order valence-corrected chi connectivity index (χ1v) is 7.83. The Morgan fingerprint density at radius 3 is 1.76 bits per heavy atom. The van der Waals surface area contributed by atoms with Crippen molar-refractivity contribution >= 4 is 0 Å². The number of rotatable bonds is 8. The van der Waals surface area contributed by atoms with E-state index in [2.05, 4.69) is 72.5 Å². The Hall–Kier alpha value is -1.64. The Morgan fingerprint density at radius 1 is 0.857 bits per heavy atom. The summed E-state index contributed by atoms with van der Waals surface area (Å²) in [7, 11) is 0. The molecule has 112 valence electrons. The van der Waals surface area contributed by atoms with E-state index in [1.807, 2.05) is 0 Å². The van der Waals surface area contributed by atoms with Crippen molar-refractivity contribution in [2.75, 3.05) is 6.54 Å². The van der Waals surface area contributed by atoms with Crippen molar-refractivity contribution in [2.24, 2.45) is 5.73 Å². The van der Waals surface area contributed by atoms with Gasteiger partial charge in [0.1, 0.15) is 0 Å². The van der Waals surface area contributed by atoms with Gasteiger partial charge in [-0.1, -0.05) is 74.0 Å². The summed E-state index contributed by atoms with van der Waals surface area (Å²) >= 11 is 0. The molecular weight excluding hydrogens is 256 g/mol. The fourth-order valence-corrected chi connectivity index (χ4v) is 2.66. The molecule has 0 amide bonds. The third-order valence-electron chi connectivity index (χ3n) is 3.65. The molecule has 2 nitrogen and oxygen atoms in total. The lowest BCUT2D eigenvalue weighted by atomic mass is 10.1. The lowest BCUT2D eigenvalue weighted by Gasteiger charge is -2.26. The number of nitrogens with zero attached hydrogens (tertiary/aromatic N) is 1. The Labute approximate surface area is 128 Å². The minimum Gasteiger partial charge on any atom is -0.327 e. The molecule has 0 aliphatic heterocycles. The molecule has 2 aromatic carbocycles. The summed E-state index contributed by atoms with van der Waals surface area (Å²) in [4.78, 5) is 2.45. The molecule has 0 bridgehead atoms. The molecular formula is C19H26N2. The van der Waals surface area contributed by atoms with Crippen molar-refractivity contribution in [1.29, 1.82) is 0 Å². The van der Waals surface area contributed by atoms with E-state index in [0.29, 0.717) is 0 Å². The van der Waals surface area contributed by atoms with Gasteiger partial charge < -0.3 is 5.73 Å². The van der Waals surface area contributed by atoms with Crippen molar-refractivity contribution in [3.05, 3.63) is 71.8 Å². The highest BCUT2D eigenvalue weighted by Crippen LogP contribution is 2.11. The van der Waals surface area contributed by atoms with Crippen LogP contribution in [0.2, 0.25) is 0 Å². The molecule has 0 saturated carbocycles. The average Bonchev–Trinajstić information content (AvgIpc) is 2.49. The predicted molar refractivity (Wildman–Crippen MR) is 89.9 cm³/mol. The summed E-state index contributed by atoms with van der Waals surface area (Å²) < 4.78 is 0. The normalized spacial score (nSPS) is 12.5. The molecule has 2 aromatic rings. The van der Waals surface area contributed by atoms with Gasteiger partial charge in [0.2, 0.25) is 0 Å². The van der Waals surface area contributed by atoms with E-state index in [9.17, 15) is 0 Å². The van der Waals surface area contributed by atoms with Gasteiger partial charge in [0.15, 0.2) is 0 Å². The maximum absolute atomic E-state index is 6.25. The zero-order valence-corrected chi connectivity index (χ0v) is 12.9. The molecule has 2 N–H and O–H groups in total. The molecule has 0 aliphatic rings. The van der Waals surface area contributed by atoms with Crippen molar-refractivity contribution < 1.29 is 0 Å². The van der Waals surface area contributed by atoms with Gasteiger partial charge in [0, 0.05) is 25.7 Å². The van der Waals surface area contributed by atoms with Gasteiger partial charge in [0.05, 0.1) is 0 Å². The molecule has 21 heavy (non-hydrogen) atoms. The summed E-state index contributed by atoms with van der Waals surface area (Å²) in [6, 6.07) is 21.5. The van der Waals surface area contributed by atoms with Crippen LogP contribution in [0.4, 0.5) is 0 Å². The largest absolute Gasteiger partial charge is 0.327 e. The van der Waals surface area contributed by atoms with E-state index in [1.54, 1.807) is 0 Å². The van der Waals surface area contributed by atoms with Gasteiger partial charge in [-0.05, 0) is 17.5 Å². The monoisotopic (exact) mass is 282 g/mol. The lowest BCUT2D eigenvalue weighted by Crippen LogP contribution is -2.36. The molecule has 1 unspecified atom stereocenters. The molecule has 2 rings (SSSR count). The summed E-state index contributed by atoms with van der Waals surface area (Å²) in [5, 5.41) is 0. The standard InChI is InChI=1S/C19H26N2/c1-2-9-19(20)16-21(14-17-10-5-3-6-11-17)15-18-12-7-4-8-13-18/h3-8,10-13,19H,2,9,14-16,20H2,1H3. The number of hydrogen-bond acceptors (Lipinski definition) is 2. The van der Waals surface area contributed by atoms with E-state index in [4.69, 9.17) is 5.73 Å². The topological polar surface area (TPSA) is 29.3 Å². The minimum atomic E-state index is 0.252. The predicted octanol–water partition coefficient (Wildman–Crippen LogP) is 3.82. The van der Waals surface area contributed by atoms with Crippen molar-refractivity contribution in [1.82, 2.24) is 4.90 Å². The van der Waals surface area contributed by atoms with Crippen LogP contribution in [0.3, 0.4) is 0 Å². The smallest absolute Gasteiger partial charge is 0.0237 e. The Bertz CT molecular complexity index is 454. The maximum Gasteiger partial charge on any atom is 0.0237 e. The summed E-state index contributed by atoms with van der Waals surface area (Å²) in [6.07, 6.45) is 2.23. The zero-order chi connectivity index (χ0) is 14.9. The van der Waals surface area contributed by atoms with Crippen LogP contribution in [-0.2, 0) is 13.1 Å². The van der Waals surface area contributed by atoms with E-state index in [-0.39, 0.29) is 6.04 Å². The number of nitrogens with two attached hydrogens (primary N) is 1. The lowest BCUT2D eigenvalue weighted by molar-refractivity contribution is 0.235. The van der Waals surface area contributed by atoms with Crippen LogP contribution in [0, 0.1) is 0 Å². The molecule has 0 aliphatic carbocycles. The molecule has 0 spiro atoms. The Morgan fingerprint density at radius 2 is 1.33 bits per heavy atom. The molecule has 2 heteroatoms. The molecule has 1 atom stereocenters. The van der Waals surface area contributed by atoms with Gasteiger partial charge >= 0.3 is 0 Å². The maximum atomic E-state index is 6.25. The first-order valence-electron chi connectivity index (χ1n) is 7.83. The van der Waals surface area contributed by atoms with Gasteiger partial charge in [-0.25, -0.2) is 0 Å². The van der Waals surface area contributed by atoms with Crippen LogP contribution in [0.15, 0.2) is 60.7 Å². The summed E-state index contributed by atoms with van der Waals surface area (Å²) in [5.74, 6) is 0. The molecule has 0 radical (unpaired) electrons. The highest BCUT2D eigenvalue weighted by atomic mass is 15.1. The highest BCUT2D eigenvalue weighted by Gasteiger charge is 2.11. The third-order valence-corrected chi connectivity index (χ3v) is 3.65. The van der Waals surface area contributed by atoms with Crippen LogP contribution >= 0.6 is 0 Å². The van der Waals surface area contributed by atoms with Crippen LogP contribution in [-0.4, -0.2) is 17.5 Å². The van der Waals surface area contributed by atoms with Crippen LogP contribution < -0.4 is 5.73 Å². The third kappa shape index (κ3) is 5.70. The SMILES string of the molecule is CCCC(N)CN(Cc1ccccc1)Cc1ccccc1. The van der Waals surface area contributed by atoms with Gasteiger partial charge in [-0.2, -0.15) is 0 Å². The molecule has 0 fully saturated rings. The first-order chi connectivity index (χ1) is 10.3. The number of hydrogen-bond donors (Lipinski definition) is 1. The fraction of sp³-hybridized carbons (Fsp3) is 0.368. The van der Waals surface area contributed by atoms with Crippen LogP contribution in [0.1, 0.15) is 30.9 Å². The second-order valence-electron chi connectivity index (χ2n) is 5.69. The summed E-state index contributed by atoms with van der Waals surface area (Å²) in [6.45, 7) is 5.04. The molecule has 0 aromatic heterocycles. The fourth-order valence-electron chi connectivity index (χ4n) is 2.66. The van der Waals surface area contributed by atoms with E-state index in [0.717, 1.165) is 32.5 Å². The van der Waals surface area contributed by atoms with Crippen LogP contribution in [0.25, 0.3) is 0 Å². The van der Waals surface area contributed by atoms with Crippen molar-refractivity contribution in [3.63, 3.8) is 0 Å². The Balaban J connectivity index is 2.02. The second kappa shape index (κ2) is 8.60. The van der Waals surface area contributed by atoms with E-state index < -0.39 is 0 Å². The molecule has 0 saturated heterocycles. The van der Waals surface area contributed by atoms with Crippen molar-refractivity contribution in [2.45, 2.75) is 38.9 Å².